The predicted octanol–water partition coefficient (Wildman–Crippen LogP) is 8.65. The number of hydrogen-bond acceptors (Lipinski definition) is 5. The number of rotatable bonds is 13. The second-order valence-electron chi connectivity index (χ2n) is 14.1. The fraction of sp³-hybridized carbons (Fsp3) is 0.381. The first-order valence-corrected chi connectivity index (χ1v) is 17.9. The molecule has 2 aliphatic rings. The Morgan fingerprint density at radius 1 is 0.784 bits per heavy atom. The highest BCUT2D eigenvalue weighted by atomic mass is 16.4. The number of carbonyl (C=O) groups excluding carboxylic acids is 1. The highest BCUT2D eigenvalue weighted by Gasteiger charge is 2.21. The average molecular weight is 689 g/mol. The first kappa shape index (κ1) is 37.2. The van der Waals surface area contributed by atoms with E-state index < -0.39 is 5.97 Å². The number of aryl methyl sites for hydroxylation is 3. The summed E-state index contributed by atoms with van der Waals surface area (Å²) in [6.07, 6.45) is 4.87. The molecule has 0 spiro atoms. The molecule has 51 heavy (non-hydrogen) atoms. The molecule has 3 aromatic rings. The monoisotopic (exact) mass is 688 g/mol. The number of aliphatic carboxylic acids is 1. The van der Waals surface area contributed by atoms with Crippen LogP contribution in [0, 0.1) is 13.8 Å². The number of fused-ring (bicyclic) bond motifs is 8. The summed E-state index contributed by atoms with van der Waals surface area (Å²) in [4.78, 5) is 44.6. The zero-order chi connectivity index (χ0) is 37.1. The number of nitrogens with zero attached hydrogens (tertiary/aromatic N) is 3. The second-order valence-corrected chi connectivity index (χ2v) is 14.1. The largest absolute Gasteiger partial charge is 0.481 e. The summed E-state index contributed by atoms with van der Waals surface area (Å²) >= 11 is 0. The highest BCUT2D eigenvalue weighted by Crippen LogP contribution is 2.36. The summed E-state index contributed by atoms with van der Waals surface area (Å²) in [7, 11) is 0. The summed E-state index contributed by atoms with van der Waals surface area (Å²) < 4.78 is 0. The van der Waals surface area contributed by atoms with Gasteiger partial charge in [0.1, 0.15) is 0 Å². The lowest BCUT2D eigenvalue weighted by atomic mass is 10.00. The van der Waals surface area contributed by atoms with Gasteiger partial charge in [0, 0.05) is 71.2 Å². The van der Waals surface area contributed by atoms with Crippen LogP contribution in [0.1, 0.15) is 106 Å². The summed E-state index contributed by atoms with van der Waals surface area (Å²) in [5.74, 6) is -0.860. The zero-order valence-corrected chi connectivity index (χ0v) is 31.4. The van der Waals surface area contributed by atoms with E-state index in [-0.39, 0.29) is 12.3 Å². The van der Waals surface area contributed by atoms with Crippen molar-refractivity contribution in [3.8, 4) is 0 Å². The standard InChI is InChI=1S/C42H52N6O3/c1-11-29-25(7)33-19-34-27(9)31(13-15-41(49)43-17-18-48(23(3)4)24(5)6)39(46-34)22-40-32(14-16-42(50)51)28(10)36(47-40)21-38-30(12-2)26(8)35(45-38)20-37(29)44-33/h11-12,19-24,44,47H,1-2,13-18H2,3-10H3,(H,43,49)(H,50,51). The topological polar surface area (TPSA) is 127 Å². The van der Waals surface area contributed by atoms with Crippen molar-refractivity contribution in [2.75, 3.05) is 13.1 Å². The first-order chi connectivity index (χ1) is 24.2. The lowest BCUT2D eigenvalue weighted by Gasteiger charge is -2.30. The van der Waals surface area contributed by atoms with Crippen molar-refractivity contribution in [1.29, 1.82) is 0 Å². The molecule has 3 aromatic heterocycles. The Bertz CT molecular complexity index is 2120. The van der Waals surface area contributed by atoms with E-state index in [4.69, 9.17) is 9.97 Å². The number of allylic oxidation sites excluding steroid dienone is 5. The van der Waals surface area contributed by atoms with Crippen LogP contribution in [-0.2, 0) is 16.0 Å². The molecule has 0 fully saturated rings. The van der Waals surface area contributed by atoms with E-state index in [1.165, 1.54) is 0 Å². The quantitative estimate of drug-likeness (QED) is 0.142. The molecular formula is C42H52N6O3. The number of carboxylic acids is 1. The molecular weight excluding hydrogens is 637 g/mol. The molecule has 0 saturated heterocycles. The van der Waals surface area contributed by atoms with Crippen LogP contribution in [-0.4, -0.2) is 67.0 Å². The first-order valence-electron chi connectivity index (χ1n) is 17.9. The number of aromatic amines is 2. The number of H-pyrrole nitrogens is 2. The minimum absolute atomic E-state index is 0.00148. The smallest absolute Gasteiger partial charge is 0.303 e. The van der Waals surface area contributed by atoms with E-state index in [1.54, 1.807) is 0 Å². The summed E-state index contributed by atoms with van der Waals surface area (Å²) in [5, 5.41) is 12.7. The zero-order valence-electron chi connectivity index (χ0n) is 31.4. The maximum Gasteiger partial charge on any atom is 0.303 e. The number of carboxylic acid groups (broad SMARTS) is 1. The van der Waals surface area contributed by atoms with Gasteiger partial charge in [0.05, 0.1) is 22.8 Å². The number of hydrogen-bond donors (Lipinski definition) is 4. The molecule has 5 rings (SSSR count). The van der Waals surface area contributed by atoms with Crippen molar-refractivity contribution in [1.82, 2.24) is 30.2 Å². The maximum absolute atomic E-state index is 13.2. The molecule has 0 aliphatic carbocycles. The van der Waals surface area contributed by atoms with E-state index in [9.17, 15) is 14.7 Å². The van der Waals surface area contributed by atoms with Crippen molar-refractivity contribution in [3.63, 3.8) is 0 Å². The van der Waals surface area contributed by atoms with E-state index in [2.05, 4.69) is 81.0 Å². The molecule has 8 bridgehead atoms. The van der Waals surface area contributed by atoms with Gasteiger partial charge in [0.2, 0.25) is 5.91 Å². The van der Waals surface area contributed by atoms with Crippen LogP contribution in [0.4, 0.5) is 0 Å². The Hall–Kier alpha value is -5.02. The number of nitrogens with one attached hydrogen (secondary N) is 3. The Kier molecular flexibility index (Phi) is 11.3. The molecule has 1 amide bonds. The van der Waals surface area contributed by atoms with Crippen molar-refractivity contribution < 1.29 is 14.7 Å². The van der Waals surface area contributed by atoms with Crippen LogP contribution < -0.4 is 5.32 Å². The van der Waals surface area contributed by atoms with Crippen LogP contribution in [0.5, 0.6) is 0 Å². The second kappa shape index (κ2) is 15.5. The van der Waals surface area contributed by atoms with E-state index >= 15 is 0 Å². The third kappa shape index (κ3) is 7.84. The Morgan fingerprint density at radius 3 is 2.02 bits per heavy atom. The molecule has 5 heterocycles. The Morgan fingerprint density at radius 2 is 1.37 bits per heavy atom. The molecule has 0 aromatic carbocycles. The lowest BCUT2D eigenvalue weighted by molar-refractivity contribution is -0.137. The van der Waals surface area contributed by atoms with Crippen molar-refractivity contribution in [2.45, 2.75) is 93.2 Å². The van der Waals surface area contributed by atoms with Gasteiger partial charge in [-0.15, -0.1) is 0 Å². The Labute approximate surface area is 301 Å². The maximum atomic E-state index is 13.2. The van der Waals surface area contributed by atoms with Gasteiger partial charge >= 0.3 is 5.97 Å². The molecule has 0 radical (unpaired) electrons. The van der Waals surface area contributed by atoms with Gasteiger partial charge in [-0.1, -0.05) is 25.3 Å². The molecule has 4 N–H and O–H groups in total. The normalized spacial score (nSPS) is 13.2. The molecule has 2 aliphatic heterocycles. The van der Waals surface area contributed by atoms with Crippen LogP contribution in [0.15, 0.2) is 43.5 Å². The summed E-state index contributed by atoms with van der Waals surface area (Å²) in [6, 6.07) is 8.92. The fourth-order valence-corrected chi connectivity index (χ4v) is 7.30. The van der Waals surface area contributed by atoms with Gasteiger partial charge in [0.15, 0.2) is 0 Å². The van der Waals surface area contributed by atoms with Crippen LogP contribution in [0.3, 0.4) is 0 Å². The highest BCUT2D eigenvalue weighted by molar-refractivity contribution is 5.98. The minimum atomic E-state index is -0.858. The summed E-state index contributed by atoms with van der Waals surface area (Å²) in [6.45, 7) is 26.4. The van der Waals surface area contributed by atoms with Gasteiger partial charge in [-0.3, -0.25) is 14.5 Å². The van der Waals surface area contributed by atoms with Crippen LogP contribution in [0.2, 0.25) is 0 Å². The lowest BCUT2D eigenvalue weighted by Crippen LogP contribution is -2.42. The number of amides is 1. The van der Waals surface area contributed by atoms with Crippen LogP contribution >= 0.6 is 0 Å². The minimum Gasteiger partial charge on any atom is -0.481 e. The third-order valence-electron chi connectivity index (χ3n) is 10.3. The van der Waals surface area contributed by atoms with E-state index in [0.717, 1.165) is 95.9 Å². The third-order valence-corrected chi connectivity index (χ3v) is 10.3. The van der Waals surface area contributed by atoms with Gasteiger partial charge in [-0.05, 0) is 126 Å². The molecule has 0 saturated carbocycles. The van der Waals surface area contributed by atoms with Crippen LogP contribution in [0.25, 0.3) is 50.4 Å². The van der Waals surface area contributed by atoms with Crippen molar-refractivity contribution >= 4 is 62.3 Å². The van der Waals surface area contributed by atoms with E-state index in [1.807, 2.05) is 44.2 Å². The molecule has 0 unspecified atom stereocenters. The van der Waals surface area contributed by atoms with Crippen molar-refractivity contribution in [3.05, 3.63) is 88.5 Å². The molecule has 9 nitrogen and oxygen atoms in total. The van der Waals surface area contributed by atoms with Crippen molar-refractivity contribution in [2.24, 2.45) is 0 Å². The number of aromatic nitrogens is 4. The fourth-order valence-electron chi connectivity index (χ4n) is 7.30. The number of carbonyl (C=O) groups is 2. The molecule has 268 valence electrons. The molecule has 0 atom stereocenters. The van der Waals surface area contributed by atoms with Gasteiger partial charge in [-0.25, -0.2) is 9.97 Å². The van der Waals surface area contributed by atoms with Gasteiger partial charge in [0.25, 0.3) is 0 Å². The average Bonchev–Trinajstić information content (AvgIpc) is 3.73. The predicted molar refractivity (Wildman–Crippen MR) is 211 cm³/mol. The Balaban J connectivity index is 1.68. The molecule has 9 heteroatoms. The summed E-state index contributed by atoms with van der Waals surface area (Å²) in [5.41, 5.74) is 14.5. The van der Waals surface area contributed by atoms with E-state index in [0.29, 0.717) is 37.9 Å². The van der Waals surface area contributed by atoms with Gasteiger partial charge in [-0.2, -0.15) is 0 Å². The van der Waals surface area contributed by atoms with Gasteiger partial charge < -0.3 is 20.4 Å². The SMILES string of the molecule is C=CC1=C(C)c2cc3[nH]c(cc4nc(cc5[nH]c(cc1n2)c(C)c5CCC(=O)O)C(CCC(=O)NCCN(C(C)C)C(C)C)=C4C)c(C)c3C=C.